The summed E-state index contributed by atoms with van der Waals surface area (Å²) in [5.41, 5.74) is 1.15. The van der Waals surface area contributed by atoms with Crippen LogP contribution in [-0.4, -0.2) is 23.6 Å². The summed E-state index contributed by atoms with van der Waals surface area (Å²) in [6.45, 7) is 1.22. The zero-order valence-electron chi connectivity index (χ0n) is 11.6. The highest BCUT2D eigenvalue weighted by molar-refractivity contribution is 7.14. The van der Waals surface area contributed by atoms with E-state index in [9.17, 15) is 14.7 Å². The number of carbonyl (C=O) groups excluding carboxylic acids is 2. The van der Waals surface area contributed by atoms with Gasteiger partial charge >= 0.3 is 5.97 Å². The Morgan fingerprint density at radius 2 is 2.18 bits per heavy atom. The molecular weight excluding hydrogens is 304 g/mol. The molecule has 0 saturated carbocycles. The lowest BCUT2D eigenvalue weighted by Gasteiger charge is -2.06. The van der Waals surface area contributed by atoms with Crippen molar-refractivity contribution in [3.63, 3.8) is 0 Å². The van der Waals surface area contributed by atoms with Crippen LogP contribution in [0.2, 0.25) is 0 Å². The van der Waals surface area contributed by atoms with Gasteiger partial charge in [0.1, 0.15) is 16.8 Å². The van der Waals surface area contributed by atoms with Gasteiger partial charge in [0.15, 0.2) is 6.61 Å². The van der Waals surface area contributed by atoms with Crippen LogP contribution in [0, 0.1) is 18.3 Å². The van der Waals surface area contributed by atoms with Crippen LogP contribution >= 0.6 is 11.3 Å². The van der Waals surface area contributed by atoms with E-state index in [1.165, 1.54) is 23.5 Å². The number of rotatable bonds is 4. The predicted octanol–water partition coefficient (Wildman–Crippen LogP) is 2.43. The second kappa shape index (κ2) is 6.74. The Hall–Kier alpha value is -2.85. The molecule has 0 aliphatic rings. The molecule has 7 heteroatoms. The van der Waals surface area contributed by atoms with E-state index in [0.717, 1.165) is 0 Å². The van der Waals surface area contributed by atoms with Crippen molar-refractivity contribution in [1.82, 2.24) is 0 Å². The van der Waals surface area contributed by atoms with Gasteiger partial charge in [-0.15, -0.1) is 11.3 Å². The third-order valence-electron chi connectivity index (χ3n) is 2.82. The van der Waals surface area contributed by atoms with Crippen LogP contribution in [0.4, 0.5) is 5.00 Å². The van der Waals surface area contributed by atoms with Crippen molar-refractivity contribution in [2.24, 2.45) is 0 Å². The number of nitrogens with zero attached hydrogens (tertiary/aromatic N) is 1. The number of hydrogen-bond acceptors (Lipinski definition) is 6. The van der Waals surface area contributed by atoms with Gasteiger partial charge in [0.2, 0.25) is 0 Å². The molecule has 112 valence electrons. The molecule has 6 nitrogen and oxygen atoms in total. The molecule has 22 heavy (non-hydrogen) atoms. The number of benzene rings is 1. The fourth-order valence-corrected chi connectivity index (χ4v) is 2.36. The number of anilines is 1. The molecule has 0 spiro atoms. The SMILES string of the molecule is Cc1ccc(C(=O)OCC(=O)Nc2sccc2C#N)cc1O. The van der Waals surface area contributed by atoms with Crippen molar-refractivity contribution in [2.45, 2.75) is 6.92 Å². The topological polar surface area (TPSA) is 99.4 Å². The maximum Gasteiger partial charge on any atom is 0.338 e. The fraction of sp³-hybridized carbons (Fsp3) is 0.133. The number of aromatic hydroxyl groups is 1. The normalized spacial score (nSPS) is 9.82. The van der Waals surface area contributed by atoms with Crippen LogP contribution < -0.4 is 5.32 Å². The number of aryl methyl sites for hydroxylation is 1. The maximum absolute atomic E-state index is 11.8. The van der Waals surface area contributed by atoms with Gasteiger partial charge in [-0.05, 0) is 36.1 Å². The molecule has 0 aliphatic heterocycles. The van der Waals surface area contributed by atoms with E-state index >= 15 is 0 Å². The van der Waals surface area contributed by atoms with Gasteiger partial charge in [0.25, 0.3) is 5.91 Å². The molecule has 0 unspecified atom stereocenters. The number of nitrogens with one attached hydrogen (secondary N) is 1. The summed E-state index contributed by atoms with van der Waals surface area (Å²) >= 11 is 1.21. The van der Waals surface area contributed by atoms with Crippen LogP contribution in [0.5, 0.6) is 5.75 Å². The van der Waals surface area contributed by atoms with Gasteiger partial charge in [-0.25, -0.2) is 4.79 Å². The number of nitriles is 1. The molecular formula is C15H12N2O4S. The minimum absolute atomic E-state index is 0.0175. The van der Waals surface area contributed by atoms with Crippen LogP contribution in [0.15, 0.2) is 29.6 Å². The number of amides is 1. The molecule has 1 amide bonds. The van der Waals surface area contributed by atoms with E-state index in [-0.39, 0.29) is 11.3 Å². The summed E-state index contributed by atoms with van der Waals surface area (Å²) < 4.78 is 4.87. The number of esters is 1. The molecule has 1 aromatic carbocycles. The van der Waals surface area contributed by atoms with E-state index in [1.807, 2.05) is 6.07 Å². The summed E-state index contributed by atoms with van der Waals surface area (Å²) in [5, 5.41) is 23.0. The number of thiophene rings is 1. The molecule has 1 heterocycles. The van der Waals surface area contributed by atoms with E-state index in [1.54, 1.807) is 24.4 Å². The largest absolute Gasteiger partial charge is 0.508 e. The second-order valence-electron chi connectivity index (χ2n) is 4.40. The van der Waals surface area contributed by atoms with Gasteiger partial charge in [-0.3, -0.25) is 4.79 Å². The lowest BCUT2D eigenvalue weighted by atomic mass is 10.1. The lowest BCUT2D eigenvalue weighted by Crippen LogP contribution is -2.20. The van der Waals surface area contributed by atoms with Gasteiger partial charge in [-0.2, -0.15) is 5.26 Å². The van der Waals surface area contributed by atoms with E-state index in [2.05, 4.69) is 5.32 Å². The minimum Gasteiger partial charge on any atom is -0.508 e. The lowest BCUT2D eigenvalue weighted by molar-refractivity contribution is -0.119. The van der Waals surface area contributed by atoms with Crippen molar-refractivity contribution in [1.29, 1.82) is 5.26 Å². The molecule has 0 atom stereocenters. The predicted molar refractivity (Wildman–Crippen MR) is 80.8 cm³/mol. The third kappa shape index (κ3) is 3.62. The molecule has 1 aromatic heterocycles. The summed E-state index contributed by atoms with van der Waals surface area (Å²) in [6, 6.07) is 7.89. The quantitative estimate of drug-likeness (QED) is 0.844. The highest BCUT2D eigenvalue weighted by Crippen LogP contribution is 2.22. The van der Waals surface area contributed by atoms with Crippen LogP contribution in [0.1, 0.15) is 21.5 Å². The Morgan fingerprint density at radius 1 is 1.41 bits per heavy atom. The van der Waals surface area contributed by atoms with Gasteiger partial charge in [-0.1, -0.05) is 6.07 Å². The van der Waals surface area contributed by atoms with Crippen molar-refractivity contribution < 1.29 is 19.4 Å². The third-order valence-corrected chi connectivity index (χ3v) is 3.65. The summed E-state index contributed by atoms with van der Waals surface area (Å²) in [5.74, 6) is -1.27. The molecule has 0 aliphatic carbocycles. The van der Waals surface area contributed by atoms with Crippen molar-refractivity contribution in [3.8, 4) is 11.8 Å². The summed E-state index contributed by atoms with van der Waals surface area (Å²) in [7, 11) is 0. The first-order valence-corrected chi connectivity index (χ1v) is 7.13. The van der Waals surface area contributed by atoms with Crippen LogP contribution in [0.25, 0.3) is 0 Å². The Bertz CT molecular complexity index is 761. The summed E-state index contributed by atoms with van der Waals surface area (Å²) in [6.07, 6.45) is 0. The van der Waals surface area contributed by atoms with E-state index in [4.69, 9.17) is 10.00 Å². The fourth-order valence-electron chi connectivity index (χ4n) is 1.61. The number of ether oxygens (including phenoxy) is 1. The van der Waals surface area contributed by atoms with Crippen molar-refractivity contribution in [3.05, 3.63) is 46.3 Å². The minimum atomic E-state index is -0.711. The highest BCUT2D eigenvalue weighted by atomic mass is 32.1. The van der Waals surface area contributed by atoms with Crippen molar-refractivity contribution >= 4 is 28.2 Å². The van der Waals surface area contributed by atoms with Crippen LogP contribution in [0.3, 0.4) is 0 Å². The average molecular weight is 316 g/mol. The Morgan fingerprint density at radius 3 is 2.86 bits per heavy atom. The molecule has 0 saturated heterocycles. The highest BCUT2D eigenvalue weighted by Gasteiger charge is 2.13. The summed E-state index contributed by atoms with van der Waals surface area (Å²) in [4.78, 5) is 23.5. The molecule has 2 rings (SSSR count). The second-order valence-corrected chi connectivity index (χ2v) is 5.32. The Kier molecular flexibility index (Phi) is 4.76. The van der Waals surface area contributed by atoms with E-state index < -0.39 is 18.5 Å². The number of phenols is 1. The zero-order valence-corrected chi connectivity index (χ0v) is 12.4. The first-order chi connectivity index (χ1) is 10.5. The average Bonchev–Trinajstić information content (AvgIpc) is 2.94. The standard InChI is InChI=1S/C15H12N2O4S/c1-9-2-3-10(6-12(9)18)15(20)21-8-13(19)17-14-11(7-16)4-5-22-14/h2-6,18H,8H2,1H3,(H,17,19). The first-order valence-electron chi connectivity index (χ1n) is 6.25. The van der Waals surface area contributed by atoms with Crippen molar-refractivity contribution in [2.75, 3.05) is 11.9 Å². The zero-order chi connectivity index (χ0) is 16.1. The molecule has 2 aromatic rings. The van der Waals surface area contributed by atoms with Gasteiger partial charge < -0.3 is 15.2 Å². The molecule has 2 N–H and O–H groups in total. The number of phenolic OH excluding ortho intramolecular Hbond substituents is 1. The number of hydrogen-bond donors (Lipinski definition) is 2. The smallest absolute Gasteiger partial charge is 0.338 e. The molecule has 0 radical (unpaired) electrons. The first kappa shape index (κ1) is 15.5. The monoisotopic (exact) mass is 316 g/mol. The van der Waals surface area contributed by atoms with E-state index in [0.29, 0.717) is 16.1 Å². The van der Waals surface area contributed by atoms with Crippen LogP contribution in [-0.2, 0) is 9.53 Å². The Labute approximate surface area is 130 Å². The molecule has 0 bridgehead atoms. The number of carbonyl (C=O) groups is 2. The maximum atomic E-state index is 11.8. The van der Waals surface area contributed by atoms with Gasteiger partial charge in [0, 0.05) is 0 Å². The Balaban J connectivity index is 1.92. The van der Waals surface area contributed by atoms with Gasteiger partial charge in [0.05, 0.1) is 11.1 Å². The molecule has 0 fully saturated rings.